The van der Waals surface area contributed by atoms with Crippen LogP contribution in [0.5, 0.6) is 0 Å². The number of para-hydroxylation sites is 1. The second kappa shape index (κ2) is 7.54. The third kappa shape index (κ3) is 4.07. The van der Waals surface area contributed by atoms with Gasteiger partial charge in [-0.1, -0.05) is 23.4 Å². The smallest absolute Gasteiger partial charge is 0.237 e. The maximum atomic E-state index is 12.1. The molecule has 2 heterocycles. The number of carbonyl (C=O) groups is 1. The Kier molecular flexibility index (Phi) is 5.70. The minimum absolute atomic E-state index is 0. The molecule has 1 aliphatic rings. The standard InChI is InChI=1S/C15H19N5O2.ClH/c1-10(17-15(22)13-7-12(21)8-16-13)14-9-20(19-18-14)11-5-3-2-4-6-11;/h2-6,9-10,12-13,16,21H,7-8H2,1H3,(H,17,22);1H. The minimum Gasteiger partial charge on any atom is -0.392 e. The molecule has 7 nitrogen and oxygen atoms in total. The monoisotopic (exact) mass is 337 g/mol. The van der Waals surface area contributed by atoms with Crippen molar-refractivity contribution in [3.05, 3.63) is 42.2 Å². The van der Waals surface area contributed by atoms with E-state index >= 15 is 0 Å². The van der Waals surface area contributed by atoms with E-state index in [1.807, 2.05) is 37.3 Å². The molecule has 3 atom stereocenters. The van der Waals surface area contributed by atoms with E-state index in [4.69, 9.17) is 0 Å². The van der Waals surface area contributed by atoms with Gasteiger partial charge in [-0.25, -0.2) is 4.68 Å². The highest BCUT2D eigenvalue weighted by Gasteiger charge is 2.29. The molecule has 3 unspecified atom stereocenters. The van der Waals surface area contributed by atoms with Gasteiger partial charge >= 0.3 is 0 Å². The van der Waals surface area contributed by atoms with Crippen LogP contribution in [0.3, 0.4) is 0 Å². The van der Waals surface area contributed by atoms with Crippen molar-refractivity contribution in [1.29, 1.82) is 0 Å². The van der Waals surface area contributed by atoms with Crippen LogP contribution in [0, 0.1) is 0 Å². The summed E-state index contributed by atoms with van der Waals surface area (Å²) in [7, 11) is 0. The number of aliphatic hydroxyl groups excluding tert-OH is 1. The molecule has 0 saturated carbocycles. The first-order chi connectivity index (χ1) is 10.6. The van der Waals surface area contributed by atoms with Crippen molar-refractivity contribution in [3.8, 4) is 5.69 Å². The highest BCUT2D eigenvalue weighted by Crippen LogP contribution is 2.13. The van der Waals surface area contributed by atoms with Gasteiger partial charge in [-0.3, -0.25) is 4.79 Å². The fraction of sp³-hybridized carbons (Fsp3) is 0.400. The fourth-order valence-corrected chi connectivity index (χ4v) is 2.49. The van der Waals surface area contributed by atoms with E-state index in [1.54, 1.807) is 10.9 Å². The van der Waals surface area contributed by atoms with Gasteiger partial charge in [0.1, 0.15) is 5.69 Å². The summed E-state index contributed by atoms with van der Waals surface area (Å²) in [5.74, 6) is -0.127. The number of hydrogen-bond donors (Lipinski definition) is 3. The van der Waals surface area contributed by atoms with Gasteiger partial charge < -0.3 is 15.7 Å². The average molecular weight is 338 g/mol. The number of aromatic nitrogens is 3. The first-order valence-corrected chi connectivity index (χ1v) is 7.33. The van der Waals surface area contributed by atoms with Crippen LogP contribution < -0.4 is 10.6 Å². The van der Waals surface area contributed by atoms with Crippen LogP contribution in [0.15, 0.2) is 36.5 Å². The second-order valence-corrected chi connectivity index (χ2v) is 5.50. The van der Waals surface area contributed by atoms with Gasteiger partial charge in [0.25, 0.3) is 0 Å². The molecular weight excluding hydrogens is 318 g/mol. The third-order valence-corrected chi connectivity index (χ3v) is 3.76. The van der Waals surface area contributed by atoms with E-state index in [0.717, 1.165) is 5.69 Å². The van der Waals surface area contributed by atoms with Crippen molar-refractivity contribution in [2.75, 3.05) is 6.54 Å². The van der Waals surface area contributed by atoms with Gasteiger partial charge in [0.05, 0.1) is 30.1 Å². The summed E-state index contributed by atoms with van der Waals surface area (Å²) < 4.78 is 1.68. The Morgan fingerprint density at radius 2 is 2.17 bits per heavy atom. The zero-order chi connectivity index (χ0) is 15.5. The van der Waals surface area contributed by atoms with Crippen molar-refractivity contribution in [1.82, 2.24) is 25.6 Å². The molecule has 2 aromatic rings. The SMILES string of the molecule is CC(NC(=O)C1CC(O)CN1)c1cn(-c2ccccc2)nn1.Cl. The molecule has 1 amide bonds. The highest BCUT2D eigenvalue weighted by atomic mass is 35.5. The van der Waals surface area contributed by atoms with E-state index < -0.39 is 6.10 Å². The predicted molar refractivity (Wildman–Crippen MR) is 87.6 cm³/mol. The molecule has 0 aliphatic carbocycles. The highest BCUT2D eigenvalue weighted by molar-refractivity contribution is 5.85. The van der Waals surface area contributed by atoms with Crippen LogP contribution in [-0.4, -0.2) is 44.7 Å². The lowest BCUT2D eigenvalue weighted by molar-refractivity contribution is -0.123. The lowest BCUT2D eigenvalue weighted by Gasteiger charge is -2.15. The van der Waals surface area contributed by atoms with Gasteiger partial charge in [0.2, 0.25) is 5.91 Å². The van der Waals surface area contributed by atoms with E-state index in [-0.39, 0.29) is 30.4 Å². The molecule has 8 heteroatoms. The molecule has 1 fully saturated rings. The summed E-state index contributed by atoms with van der Waals surface area (Å²) in [4.78, 5) is 12.1. The maximum Gasteiger partial charge on any atom is 0.237 e. The van der Waals surface area contributed by atoms with Crippen LogP contribution in [0.1, 0.15) is 25.1 Å². The number of carbonyl (C=O) groups excluding carboxylic acids is 1. The summed E-state index contributed by atoms with van der Waals surface area (Å²) in [5, 5.41) is 23.5. The van der Waals surface area contributed by atoms with E-state index in [9.17, 15) is 9.90 Å². The number of β-amino-alcohol motifs (C(OH)–C–C–N with tert-alkyl or cyclic N) is 1. The zero-order valence-electron chi connectivity index (χ0n) is 12.7. The van der Waals surface area contributed by atoms with Gasteiger partial charge in [-0.2, -0.15) is 0 Å². The molecule has 0 radical (unpaired) electrons. The van der Waals surface area contributed by atoms with Gasteiger partial charge in [0, 0.05) is 6.54 Å². The zero-order valence-corrected chi connectivity index (χ0v) is 13.5. The number of hydrogen-bond acceptors (Lipinski definition) is 5. The first kappa shape index (κ1) is 17.4. The average Bonchev–Trinajstić information content (AvgIpc) is 3.17. The van der Waals surface area contributed by atoms with Crippen LogP contribution >= 0.6 is 12.4 Å². The fourth-order valence-electron chi connectivity index (χ4n) is 2.49. The summed E-state index contributed by atoms with van der Waals surface area (Å²) in [6.45, 7) is 2.32. The first-order valence-electron chi connectivity index (χ1n) is 7.33. The van der Waals surface area contributed by atoms with Crippen molar-refractivity contribution in [3.63, 3.8) is 0 Å². The Morgan fingerprint density at radius 3 is 2.83 bits per heavy atom. The summed E-state index contributed by atoms with van der Waals surface area (Å²) in [6, 6.07) is 9.08. The Labute approximate surface area is 140 Å². The molecule has 0 spiro atoms. The number of halogens is 1. The largest absolute Gasteiger partial charge is 0.392 e. The number of nitrogens with one attached hydrogen (secondary N) is 2. The number of nitrogens with zero attached hydrogens (tertiary/aromatic N) is 3. The summed E-state index contributed by atoms with van der Waals surface area (Å²) >= 11 is 0. The molecule has 1 aromatic heterocycles. The predicted octanol–water partition coefficient (Wildman–Crippen LogP) is 0.589. The summed E-state index contributed by atoms with van der Waals surface area (Å²) in [5.41, 5.74) is 1.61. The van der Waals surface area contributed by atoms with E-state index in [2.05, 4.69) is 20.9 Å². The molecule has 3 rings (SSSR count). The third-order valence-electron chi connectivity index (χ3n) is 3.76. The van der Waals surface area contributed by atoms with Crippen LogP contribution in [0.25, 0.3) is 5.69 Å². The summed E-state index contributed by atoms with van der Waals surface area (Å²) in [6.07, 6.45) is 1.79. The molecule has 1 aromatic carbocycles. The molecule has 124 valence electrons. The lowest BCUT2D eigenvalue weighted by Crippen LogP contribution is -2.41. The second-order valence-electron chi connectivity index (χ2n) is 5.50. The molecule has 1 aliphatic heterocycles. The Bertz CT molecular complexity index is 648. The molecule has 23 heavy (non-hydrogen) atoms. The maximum absolute atomic E-state index is 12.1. The Hall–Kier alpha value is -1.96. The van der Waals surface area contributed by atoms with Crippen LogP contribution in [0.2, 0.25) is 0 Å². The van der Waals surface area contributed by atoms with Crippen molar-refractivity contribution >= 4 is 18.3 Å². The topological polar surface area (TPSA) is 92.1 Å². The number of rotatable bonds is 4. The Balaban J connectivity index is 0.00000192. The quantitative estimate of drug-likeness (QED) is 0.759. The molecule has 3 N–H and O–H groups in total. The van der Waals surface area contributed by atoms with E-state index in [0.29, 0.717) is 18.7 Å². The van der Waals surface area contributed by atoms with Gasteiger partial charge in [0.15, 0.2) is 0 Å². The molecule has 0 bridgehead atoms. The minimum atomic E-state index is -0.454. The number of amides is 1. The molecule has 1 saturated heterocycles. The van der Waals surface area contributed by atoms with Crippen molar-refractivity contribution in [2.24, 2.45) is 0 Å². The van der Waals surface area contributed by atoms with Crippen LogP contribution in [0.4, 0.5) is 0 Å². The van der Waals surface area contributed by atoms with Gasteiger partial charge in [-0.05, 0) is 25.5 Å². The van der Waals surface area contributed by atoms with E-state index in [1.165, 1.54) is 0 Å². The van der Waals surface area contributed by atoms with Crippen LogP contribution in [-0.2, 0) is 4.79 Å². The van der Waals surface area contributed by atoms with Crippen molar-refractivity contribution < 1.29 is 9.90 Å². The normalized spacial score (nSPS) is 21.5. The molecular formula is C15H20ClN5O2. The van der Waals surface area contributed by atoms with Gasteiger partial charge in [-0.15, -0.1) is 17.5 Å². The number of benzene rings is 1. The Morgan fingerprint density at radius 1 is 1.43 bits per heavy atom. The van der Waals surface area contributed by atoms with Crippen molar-refractivity contribution in [2.45, 2.75) is 31.5 Å². The lowest BCUT2D eigenvalue weighted by atomic mass is 10.1. The number of aliphatic hydroxyl groups is 1.